The molecule has 0 amide bonds. The maximum absolute atomic E-state index is 6.40. The summed E-state index contributed by atoms with van der Waals surface area (Å²) in [5.74, 6) is 0. The van der Waals surface area contributed by atoms with Crippen LogP contribution in [0.5, 0.6) is 0 Å². The Balaban J connectivity index is 2.53. The van der Waals surface area contributed by atoms with Crippen LogP contribution >= 0.6 is 39.1 Å². The van der Waals surface area contributed by atoms with Crippen LogP contribution in [0.3, 0.4) is 0 Å². The monoisotopic (exact) mass is 325 g/mol. The van der Waals surface area contributed by atoms with Crippen molar-refractivity contribution in [1.82, 2.24) is 4.98 Å². The molecule has 84 valence electrons. The number of benzene rings is 2. The van der Waals surface area contributed by atoms with Crippen molar-refractivity contribution in [1.29, 1.82) is 0 Å². The molecule has 1 heterocycles. The number of fused-ring (bicyclic) bond motifs is 2. The molecule has 0 bridgehead atoms. The fourth-order valence-electron chi connectivity index (χ4n) is 1.84. The highest BCUT2D eigenvalue weighted by Gasteiger charge is 2.07. The van der Waals surface area contributed by atoms with Crippen LogP contribution < -0.4 is 0 Å². The Morgan fingerprint density at radius 3 is 2.29 bits per heavy atom. The fraction of sp³-hybridized carbons (Fsp3) is 0. The highest BCUT2D eigenvalue weighted by Crippen LogP contribution is 2.33. The molecule has 0 aliphatic rings. The average molecular weight is 327 g/mol. The molecule has 0 radical (unpaired) electrons. The summed E-state index contributed by atoms with van der Waals surface area (Å²) in [5.41, 5.74) is 1.74. The third kappa shape index (κ3) is 1.90. The summed E-state index contributed by atoms with van der Waals surface area (Å²) < 4.78 is 0.982. The minimum atomic E-state index is 0.663. The number of aromatic nitrogens is 1. The highest BCUT2D eigenvalue weighted by molar-refractivity contribution is 9.10. The minimum absolute atomic E-state index is 0.663. The fourth-order valence-corrected chi connectivity index (χ4v) is 2.67. The summed E-state index contributed by atoms with van der Waals surface area (Å²) in [7, 11) is 0. The predicted molar refractivity (Wildman–Crippen MR) is 77.0 cm³/mol. The van der Waals surface area contributed by atoms with Gasteiger partial charge in [0.05, 0.1) is 16.1 Å². The Morgan fingerprint density at radius 1 is 0.882 bits per heavy atom. The molecule has 17 heavy (non-hydrogen) atoms. The zero-order valence-corrected chi connectivity index (χ0v) is 11.6. The predicted octanol–water partition coefficient (Wildman–Crippen LogP) is 5.46. The molecular formula is C13H6BrCl2N. The van der Waals surface area contributed by atoms with E-state index < -0.39 is 0 Å². The molecule has 0 saturated heterocycles. The van der Waals surface area contributed by atoms with E-state index >= 15 is 0 Å². The largest absolute Gasteiger partial charge is 0.248 e. The Kier molecular flexibility index (Phi) is 2.74. The molecular weight excluding hydrogens is 321 g/mol. The lowest BCUT2D eigenvalue weighted by Gasteiger charge is -2.06. The van der Waals surface area contributed by atoms with Crippen LogP contribution in [0.4, 0.5) is 0 Å². The van der Waals surface area contributed by atoms with Crippen molar-refractivity contribution < 1.29 is 0 Å². The molecule has 1 aromatic heterocycles. The third-order valence-electron chi connectivity index (χ3n) is 2.63. The minimum Gasteiger partial charge on any atom is -0.248 e. The van der Waals surface area contributed by atoms with Crippen molar-refractivity contribution in [2.45, 2.75) is 0 Å². The summed E-state index contributed by atoms with van der Waals surface area (Å²) in [6.07, 6.45) is 0. The molecule has 0 atom stereocenters. The first kappa shape index (κ1) is 11.3. The van der Waals surface area contributed by atoms with E-state index in [0.717, 1.165) is 26.3 Å². The third-order valence-corrected chi connectivity index (χ3v) is 3.77. The van der Waals surface area contributed by atoms with Crippen LogP contribution in [0.1, 0.15) is 0 Å². The number of nitrogens with zero attached hydrogens (tertiary/aromatic N) is 1. The van der Waals surface area contributed by atoms with Gasteiger partial charge in [-0.25, -0.2) is 4.98 Å². The summed E-state index contributed by atoms with van der Waals surface area (Å²) in [6.45, 7) is 0. The first-order chi connectivity index (χ1) is 8.15. The Morgan fingerprint density at radius 2 is 1.53 bits per heavy atom. The average Bonchev–Trinajstić information content (AvgIpc) is 2.32. The Bertz CT molecular complexity index is 680. The SMILES string of the molecule is Clc1ccc2nc3ccc(Br)cc3c(Cl)c2c1. The summed E-state index contributed by atoms with van der Waals surface area (Å²) in [6, 6.07) is 11.4. The van der Waals surface area contributed by atoms with Gasteiger partial charge in [0.1, 0.15) is 0 Å². The summed E-state index contributed by atoms with van der Waals surface area (Å²) >= 11 is 15.8. The standard InChI is InChI=1S/C13H6BrCl2N/c14-7-1-3-11-9(5-7)13(16)10-6-8(15)2-4-12(10)17-11/h1-6H. The van der Waals surface area contributed by atoms with E-state index in [1.807, 2.05) is 36.4 Å². The van der Waals surface area contributed by atoms with Gasteiger partial charge >= 0.3 is 0 Å². The molecule has 0 spiro atoms. The number of pyridine rings is 1. The zero-order valence-electron chi connectivity index (χ0n) is 8.55. The maximum Gasteiger partial charge on any atom is 0.0725 e. The van der Waals surface area contributed by atoms with Crippen LogP contribution in [0.15, 0.2) is 40.9 Å². The summed E-state index contributed by atoms with van der Waals surface area (Å²) in [5, 5.41) is 3.16. The number of halogens is 3. The van der Waals surface area contributed by atoms with Crippen molar-refractivity contribution in [2.75, 3.05) is 0 Å². The van der Waals surface area contributed by atoms with Gasteiger partial charge in [-0.1, -0.05) is 39.1 Å². The van der Waals surface area contributed by atoms with Gasteiger partial charge in [0.2, 0.25) is 0 Å². The summed E-state index contributed by atoms with van der Waals surface area (Å²) in [4.78, 5) is 4.56. The second-order valence-corrected chi connectivity index (χ2v) is 5.48. The maximum atomic E-state index is 6.40. The van der Waals surface area contributed by atoms with Crippen molar-refractivity contribution in [3.63, 3.8) is 0 Å². The van der Waals surface area contributed by atoms with Crippen LogP contribution in [0, 0.1) is 0 Å². The van der Waals surface area contributed by atoms with E-state index in [1.165, 1.54) is 0 Å². The quantitative estimate of drug-likeness (QED) is 0.500. The van der Waals surface area contributed by atoms with Gasteiger partial charge in [0.25, 0.3) is 0 Å². The Labute approximate surface area is 116 Å². The molecule has 0 N–H and O–H groups in total. The number of rotatable bonds is 0. The molecule has 0 fully saturated rings. The van der Waals surface area contributed by atoms with E-state index in [0.29, 0.717) is 10.0 Å². The first-order valence-corrected chi connectivity index (χ1v) is 6.54. The zero-order chi connectivity index (χ0) is 12.0. The lowest BCUT2D eigenvalue weighted by atomic mass is 10.1. The van der Waals surface area contributed by atoms with Gasteiger partial charge in [0, 0.05) is 20.3 Å². The molecule has 0 unspecified atom stereocenters. The molecule has 4 heteroatoms. The second kappa shape index (κ2) is 4.13. The molecule has 0 aliphatic carbocycles. The van der Waals surface area contributed by atoms with Gasteiger partial charge in [-0.2, -0.15) is 0 Å². The molecule has 3 aromatic rings. The second-order valence-electron chi connectivity index (χ2n) is 3.75. The van der Waals surface area contributed by atoms with Crippen LogP contribution in [0.25, 0.3) is 21.8 Å². The van der Waals surface area contributed by atoms with Crippen LogP contribution in [0.2, 0.25) is 10.0 Å². The van der Waals surface area contributed by atoms with Gasteiger partial charge < -0.3 is 0 Å². The first-order valence-electron chi connectivity index (χ1n) is 4.99. The lowest BCUT2D eigenvalue weighted by Crippen LogP contribution is -1.84. The van der Waals surface area contributed by atoms with E-state index in [9.17, 15) is 0 Å². The van der Waals surface area contributed by atoms with Crippen molar-refractivity contribution in [3.8, 4) is 0 Å². The molecule has 2 aromatic carbocycles. The van der Waals surface area contributed by atoms with E-state index in [2.05, 4.69) is 20.9 Å². The number of hydrogen-bond donors (Lipinski definition) is 0. The van der Waals surface area contributed by atoms with Crippen molar-refractivity contribution in [2.24, 2.45) is 0 Å². The van der Waals surface area contributed by atoms with E-state index in [4.69, 9.17) is 23.2 Å². The molecule has 3 rings (SSSR count). The van der Waals surface area contributed by atoms with Gasteiger partial charge in [-0.15, -0.1) is 0 Å². The molecule has 0 saturated carbocycles. The molecule has 0 aliphatic heterocycles. The lowest BCUT2D eigenvalue weighted by molar-refractivity contribution is 1.49. The van der Waals surface area contributed by atoms with Gasteiger partial charge in [0.15, 0.2) is 0 Å². The van der Waals surface area contributed by atoms with E-state index in [-0.39, 0.29) is 0 Å². The Hall–Kier alpha value is -0.830. The van der Waals surface area contributed by atoms with Crippen molar-refractivity contribution in [3.05, 3.63) is 50.9 Å². The van der Waals surface area contributed by atoms with E-state index in [1.54, 1.807) is 0 Å². The van der Waals surface area contributed by atoms with Gasteiger partial charge in [-0.05, 0) is 36.4 Å². The highest BCUT2D eigenvalue weighted by atomic mass is 79.9. The van der Waals surface area contributed by atoms with Crippen LogP contribution in [-0.2, 0) is 0 Å². The normalized spacial score (nSPS) is 11.2. The smallest absolute Gasteiger partial charge is 0.0725 e. The molecule has 1 nitrogen and oxygen atoms in total. The number of hydrogen-bond acceptors (Lipinski definition) is 1. The van der Waals surface area contributed by atoms with Crippen molar-refractivity contribution >= 4 is 60.9 Å². The topological polar surface area (TPSA) is 12.9 Å². The van der Waals surface area contributed by atoms with Crippen LogP contribution in [-0.4, -0.2) is 4.98 Å². The van der Waals surface area contributed by atoms with Gasteiger partial charge in [-0.3, -0.25) is 0 Å².